The number of rotatable bonds is 3. The lowest BCUT2D eigenvalue weighted by Gasteiger charge is -2.10. The molecule has 0 aliphatic rings. The van der Waals surface area contributed by atoms with Gasteiger partial charge in [0.15, 0.2) is 0 Å². The number of carbonyl (C=O) groups is 1. The topological polar surface area (TPSA) is 52.9 Å². The highest BCUT2D eigenvalue weighted by atomic mass is 79.9. The molecule has 0 saturated carbocycles. The van der Waals surface area contributed by atoms with E-state index in [1.54, 1.807) is 6.08 Å². The molecule has 1 N–H and O–H groups in total. The van der Waals surface area contributed by atoms with Crippen LogP contribution in [0.15, 0.2) is 55.4 Å². The highest BCUT2D eigenvalue weighted by Crippen LogP contribution is 2.32. The van der Waals surface area contributed by atoms with Gasteiger partial charge < -0.3 is 5.32 Å². The number of nitriles is 1. The Balaban J connectivity index is 2.30. The van der Waals surface area contributed by atoms with Crippen molar-refractivity contribution in [3.63, 3.8) is 0 Å². The Morgan fingerprint density at radius 3 is 2.39 bits per heavy atom. The first-order valence-electron chi connectivity index (χ1n) is 6.55. The van der Waals surface area contributed by atoms with E-state index in [9.17, 15) is 10.1 Å². The lowest BCUT2D eigenvalue weighted by atomic mass is 10.1. The van der Waals surface area contributed by atoms with Crippen molar-refractivity contribution in [2.75, 3.05) is 5.32 Å². The molecule has 3 nitrogen and oxygen atoms in total. The molecule has 116 valence electrons. The van der Waals surface area contributed by atoms with Gasteiger partial charge in [-0.15, -0.1) is 0 Å². The molecule has 2 aromatic rings. The van der Waals surface area contributed by atoms with Crippen LogP contribution in [0.1, 0.15) is 11.1 Å². The van der Waals surface area contributed by atoms with Crippen molar-refractivity contribution in [3.8, 4) is 6.07 Å². The second-order valence-corrected chi connectivity index (χ2v) is 7.41. The van der Waals surface area contributed by atoms with E-state index in [0.717, 1.165) is 24.5 Å². The van der Waals surface area contributed by atoms with Gasteiger partial charge >= 0.3 is 0 Å². The van der Waals surface area contributed by atoms with E-state index in [0.29, 0.717) is 5.69 Å². The van der Waals surface area contributed by atoms with Crippen molar-refractivity contribution in [3.05, 3.63) is 66.5 Å². The Hall–Kier alpha value is -1.42. The fourth-order valence-electron chi connectivity index (χ4n) is 1.91. The average molecular weight is 499 g/mol. The predicted molar refractivity (Wildman–Crippen MR) is 103 cm³/mol. The van der Waals surface area contributed by atoms with E-state index in [2.05, 4.69) is 53.1 Å². The van der Waals surface area contributed by atoms with Gasteiger partial charge in [-0.25, -0.2) is 0 Å². The summed E-state index contributed by atoms with van der Waals surface area (Å²) in [4.78, 5) is 12.4. The maximum atomic E-state index is 12.4. The second-order valence-electron chi connectivity index (χ2n) is 4.78. The number of carbonyl (C=O) groups excluding carboxylic acids is 1. The molecule has 0 aromatic heterocycles. The summed E-state index contributed by atoms with van der Waals surface area (Å²) < 4.78 is 2.38. The zero-order valence-electron chi connectivity index (χ0n) is 12.0. The molecule has 0 unspecified atom stereocenters. The summed E-state index contributed by atoms with van der Waals surface area (Å²) in [7, 11) is 0. The summed E-state index contributed by atoms with van der Waals surface area (Å²) in [5.41, 5.74) is 2.44. The van der Waals surface area contributed by atoms with E-state index in [1.165, 1.54) is 0 Å². The van der Waals surface area contributed by atoms with Crippen LogP contribution in [-0.2, 0) is 4.79 Å². The lowest BCUT2D eigenvalue weighted by Crippen LogP contribution is -2.14. The van der Waals surface area contributed by atoms with Crippen LogP contribution in [-0.4, -0.2) is 5.91 Å². The van der Waals surface area contributed by atoms with Crippen molar-refractivity contribution in [1.82, 2.24) is 0 Å². The van der Waals surface area contributed by atoms with Crippen LogP contribution in [0.4, 0.5) is 5.69 Å². The van der Waals surface area contributed by atoms with Crippen LogP contribution >= 0.6 is 47.8 Å². The summed E-state index contributed by atoms with van der Waals surface area (Å²) in [5.74, 6) is -0.460. The number of nitrogens with one attached hydrogen (secondary N) is 1. The summed E-state index contributed by atoms with van der Waals surface area (Å²) >= 11 is 10.2. The van der Waals surface area contributed by atoms with Gasteiger partial charge in [-0.3, -0.25) is 4.79 Å². The molecule has 0 saturated heterocycles. The Kier molecular flexibility index (Phi) is 6.17. The zero-order valence-corrected chi connectivity index (χ0v) is 16.8. The van der Waals surface area contributed by atoms with E-state index in [1.807, 2.05) is 49.4 Å². The molecule has 0 spiro atoms. The number of aryl methyl sites for hydroxylation is 1. The number of anilines is 1. The molecule has 1 amide bonds. The Labute approximate surface area is 159 Å². The first kappa shape index (κ1) is 17.9. The van der Waals surface area contributed by atoms with Crippen LogP contribution in [0.2, 0.25) is 0 Å². The van der Waals surface area contributed by atoms with Gasteiger partial charge in [0, 0.05) is 13.4 Å². The highest BCUT2D eigenvalue weighted by Gasteiger charge is 2.14. The van der Waals surface area contributed by atoms with Crippen LogP contribution in [0.25, 0.3) is 6.08 Å². The molecule has 0 fully saturated rings. The molecule has 0 aliphatic carbocycles. The molecule has 0 aliphatic heterocycles. The van der Waals surface area contributed by atoms with Crippen molar-refractivity contribution in [1.29, 1.82) is 5.26 Å². The number of hydrogen-bond acceptors (Lipinski definition) is 2. The number of nitrogens with zero attached hydrogens (tertiary/aromatic N) is 1. The van der Waals surface area contributed by atoms with E-state index < -0.39 is 5.91 Å². The Morgan fingerprint density at radius 2 is 1.83 bits per heavy atom. The molecule has 0 atom stereocenters. The van der Waals surface area contributed by atoms with Crippen molar-refractivity contribution >= 4 is 65.5 Å². The van der Waals surface area contributed by atoms with Gasteiger partial charge in [0.2, 0.25) is 0 Å². The standard InChI is InChI=1S/C17H11Br3N2O/c1-10-5-14(19)16(15(20)6-10)22-17(23)12(9-21)7-11-3-2-4-13(18)8-11/h2-8H,1H3,(H,22,23)/b12-7+. The van der Waals surface area contributed by atoms with Gasteiger partial charge in [0.25, 0.3) is 5.91 Å². The molecule has 0 bridgehead atoms. The van der Waals surface area contributed by atoms with Gasteiger partial charge in [0.1, 0.15) is 11.6 Å². The molecule has 2 aromatic carbocycles. The summed E-state index contributed by atoms with van der Waals surface area (Å²) in [6.07, 6.45) is 1.55. The molecular formula is C17H11Br3N2O. The number of amides is 1. The second kappa shape index (κ2) is 7.91. The van der Waals surface area contributed by atoms with Crippen molar-refractivity contribution < 1.29 is 4.79 Å². The highest BCUT2D eigenvalue weighted by molar-refractivity contribution is 9.11. The fraction of sp³-hybridized carbons (Fsp3) is 0.0588. The maximum Gasteiger partial charge on any atom is 0.266 e. The quantitative estimate of drug-likeness (QED) is 0.427. The lowest BCUT2D eigenvalue weighted by molar-refractivity contribution is -0.112. The molecular weight excluding hydrogens is 488 g/mol. The number of hydrogen-bond donors (Lipinski definition) is 1. The minimum atomic E-state index is -0.460. The summed E-state index contributed by atoms with van der Waals surface area (Å²) in [6, 6.07) is 13.1. The third kappa shape index (κ3) is 4.77. The fourth-order valence-corrected chi connectivity index (χ4v) is 3.94. The third-order valence-corrected chi connectivity index (χ3v) is 4.69. The maximum absolute atomic E-state index is 12.4. The van der Waals surface area contributed by atoms with E-state index in [4.69, 9.17) is 0 Å². The van der Waals surface area contributed by atoms with Gasteiger partial charge in [-0.1, -0.05) is 28.1 Å². The average Bonchev–Trinajstić information content (AvgIpc) is 2.48. The Bertz CT molecular complexity index is 815. The minimum absolute atomic E-state index is 0.0301. The smallest absolute Gasteiger partial charge is 0.266 e. The van der Waals surface area contributed by atoms with Crippen LogP contribution in [0.5, 0.6) is 0 Å². The molecule has 0 radical (unpaired) electrons. The third-order valence-electron chi connectivity index (χ3n) is 2.95. The first-order valence-corrected chi connectivity index (χ1v) is 8.93. The normalized spacial score (nSPS) is 11.0. The molecule has 0 heterocycles. The van der Waals surface area contributed by atoms with Crippen LogP contribution < -0.4 is 5.32 Å². The molecule has 23 heavy (non-hydrogen) atoms. The largest absolute Gasteiger partial charge is 0.319 e. The van der Waals surface area contributed by atoms with Gasteiger partial charge in [-0.2, -0.15) is 5.26 Å². The Morgan fingerprint density at radius 1 is 1.17 bits per heavy atom. The van der Waals surface area contributed by atoms with Gasteiger partial charge in [-0.05, 0) is 80.3 Å². The first-order chi connectivity index (χ1) is 10.9. The van der Waals surface area contributed by atoms with Crippen LogP contribution in [0.3, 0.4) is 0 Å². The number of benzene rings is 2. The van der Waals surface area contributed by atoms with E-state index >= 15 is 0 Å². The molecule has 2 rings (SSSR count). The predicted octanol–water partition coefficient (Wildman–Crippen LogP) is 5.83. The monoisotopic (exact) mass is 496 g/mol. The van der Waals surface area contributed by atoms with Crippen molar-refractivity contribution in [2.24, 2.45) is 0 Å². The SMILES string of the molecule is Cc1cc(Br)c(NC(=O)/C(C#N)=C/c2cccc(Br)c2)c(Br)c1. The summed E-state index contributed by atoms with van der Waals surface area (Å²) in [5, 5.41) is 12.0. The van der Waals surface area contributed by atoms with Crippen molar-refractivity contribution in [2.45, 2.75) is 6.92 Å². The number of halogens is 3. The van der Waals surface area contributed by atoms with E-state index in [-0.39, 0.29) is 5.57 Å². The zero-order chi connectivity index (χ0) is 17.0. The van der Waals surface area contributed by atoms with Crippen LogP contribution in [0, 0.1) is 18.3 Å². The minimum Gasteiger partial charge on any atom is -0.319 e. The van der Waals surface area contributed by atoms with Gasteiger partial charge in [0.05, 0.1) is 5.69 Å². The summed E-state index contributed by atoms with van der Waals surface area (Å²) in [6.45, 7) is 1.95. The molecule has 6 heteroatoms.